The first-order chi connectivity index (χ1) is 7.06. The zero-order valence-corrected chi connectivity index (χ0v) is 10.4. The number of rotatable bonds is 3. The minimum Gasteiger partial charge on any atom is -0.506 e. The Labute approximate surface area is 103 Å². The van der Waals surface area contributed by atoms with Gasteiger partial charge in [0.25, 0.3) is 0 Å². The summed E-state index contributed by atoms with van der Waals surface area (Å²) in [6.07, 6.45) is 0. The zero-order chi connectivity index (χ0) is 11.4. The Morgan fingerprint density at radius 3 is 2.67 bits per heavy atom. The number of halogens is 3. The van der Waals surface area contributed by atoms with Crippen LogP contribution in [0.3, 0.4) is 0 Å². The van der Waals surface area contributed by atoms with Gasteiger partial charge in [0.05, 0.1) is 11.6 Å². The van der Waals surface area contributed by atoms with E-state index < -0.39 is 0 Å². The molecule has 0 aliphatic heterocycles. The first-order valence-corrected chi connectivity index (χ1v) is 5.60. The molecule has 0 atom stereocenters. The molecule has 1 rings (SSSR count). The molecule has 1 aromatic carbocycles. The average molecular weight is 267 g/mol. The molecule has 82 valence electrons. The van der Waals surface area contributed by atoms with Crippen molar-refractivity contribution in [2.24, 2.45) is 4.99 Å². The van der Waals surface area contributed by atoms with Gasteiger partial charge in [0.15, 0.2) is 0 Å². The van der Waals surface area contributed by atoms with E-state index in [-0.39, 0.29) is 10.8 Å². The molecule has 0 amide bonds. The molecule has 0 bridgehead atoms. The van der Waals surface area contributed by atoms with Crippen molar-refractivity contribution in [2.45, 2.75) is 6.92 Å². The lowest BCUT2D eigenvalue weighted by molar-refractivity contribution is 0.474. The molecule has 5 heteroatoms. The largest absolute Gasteiger partial charge is 0.506 e. The molecule has 0 saturated carbocycles. The molecule has 0 unspecified atom stereocenters. The Kier molecular flexibility index (Phi) is 4.71. The van der Waals surface area contributed by atoms with Gasteiger partial charge in [0, 0.05) is 22.2 Å². The topological polar surface area (TPSA) is 32.6 Å². The second-order valence-electron chi connectivity index (χ2n) is 2.94. The smallest absolute Gasteiger partial charge is 0.143 e. The first kappa shape index (κ1) is 12.6. The third-order valence-corrected chi connectivity index (χ3v) is 2.53. The van der Waals surface area contributed by atoms with E-state index in [1.165, 1.54) is 6.07 Å². The summed E-state index contributed by atoms with van der Waals surface area (Å²) < 4.78 is 0. The fraction of sp³-hybridized carbons (Fsp3) is 0.300. The Hall–Kier alpha value is -0.440. The summed E-state index contributed by atoms with van der Waals surface area (Å²) in [4.78, 5) is 4.16. The van der Waals surface area contributed by atoms with E-state index in [9.17, 15) is 5.11 Å². The van der Waals surface area contributed by atoms with Gasteiger partial charge < -0.3 is 5.11 Å². The SMILES string of the molecule is CC(=NCCCl)c1cc(Cl)cc(Cl)c1O. The van der Waals surface area contributed by atoms with Crippen LogP contribution in [0, 0.1) is 0 Å². The summed E-state index contributed by atoms with van der Waals surface area (Å²) in [6.45, 7) is 2.27. The summed E-state index contributed by atoms with van der Waals surface area (Å²) in [6, 6.07) is 3.10. The van der Waals surface area contributed by atoms with Crippen molar-refractivity contribution in [1.82, 2.24) is 0 Å². The highest BCUT2D eigenvalue weighted by atomic mass is 35.5. The fourth-order valence-electron chi connectivity index (χ4n) is 1.14. The van der Waals surface area contributed by atoms with Gasteiger partial charge in [-0.25, -0.2) is 0 Å². The van der Waals surface area contributed by atoms with E-state index in [0.717, 1.165) is 0 Å². The molecule has 0 radical (unpaired) electrons. The van der Waals surface area contributed by atoms with Crippen molar-refractivity contribution in [3.05, 3.63) is 27.7 Å². The van der Waals surface area contributed by atoms with Gasteiger partial charge >= 0.3 is 0 Å². The van der Waals surface area contributed by atoms with Gasteiger partial charge in [-0.3, -0.25) is 4.99 Å². The van der Waals surface area contributed by atoms with E-state index in [4.69, 9.17) is 34.8 Å². The first-order valence-electron chi connectivity index (χ1n) is 4.31. The van der Waals surface area contributed by atoms with Crippen LogP contribution in [-0.4, -0.2) is 23.2 Å². The summed E-state index contributed by atoms with van der Waals surface area (Å²) >= 11 is 17.1. The molecule has 2 nitrogen and oxygen atoms in total. The van der Waals surface area contributed by atoms with Crippen LogP contribution in [-0.2, 0) is 0 Å². The number of hydrogen-bond acceptors (Lipinski definition) is 2. The third-order valence-electron chi connectivity index (χ3n) is 1.85. The van der Waals surface area contributed by atoms with Crippen molar-refractivity contribution in [2.75, 3.05) is 12.4 Å². The van der Waals surface area contributed by atoms with Gasteiger partial charge in [0.1, 0.15) is 5.75 Å². The highest BCUT2D eigenvalue weighted by Crippen LogP contribution is 2.31. The highest BCUT2D eigenvalue weighted by molar-refractivity contribution is 6.36. The normalized spacial score (nSPS) is 11.9. The molecular formula is C10H10Cl3NO. The molecule has 0 aliphatic carbocycles. The van der Waals surface area contributed by atoms with Crippen LogP contribution in [0.1, 0.15) is 12.5 Å². The quantitative estimate of drug-likeness (QED) is 0.656. The van der Waals surface area contributed by atoms with E-state index in [0.29, 0.717) is 28.7 Å². The molecule has 0 saturated heterocycles. The molecule has 15 heavy (non-hydrogen) atoms. The molecule has 1 N–H and O–H groups in total. The van der Waals surface area contributed by atoms with Crippen LogP contribution in [0.15, 0.2) is 17.1 Å². The van der Waals surface area contributed by atoms with E-state index in [1.54, 1.807) is 13.0 Å². The maximum absolute atomic E-state index is 9.69. The minimum atomic E-state index is -0.00288. The summed E-state index contributed by atoms with van der Waals surface area (Å²) in [5.41, 5.74) is 1.20. The number of hydrogen-bond donors (Lipinski definition) is 1. The monoisotopic (exact) mass is 265 g/mol. The standard InChI is InChI=1S/C10H10Cl3NO/c1-6(14-3-2-11)8-4-7(12)5-9(13)10(8)15/h4-5,15H,2-3H2,1H3. The van der Waals surface area contributed by atoms with Crippen LogP contribution in [0.2, 0.25) is 10.0 Å². The maximum atomic E-state index is 9.69. The van der Waals surface area contributed by atoms with Gasteiger partial charge in [-0.05, 0) is 19.1 Å². The van der Waals surface area contributed by atoms with Gasteiger partial charge in [0.2, 0.25) is 0 Å². The lowest BCUT2D eigenvalue weighted by Crippen LogP contribution is -1.98. The molecule has 0 fully saturated rings. The molecule has 0 aliphatic rings. The lowest BCUT2D eigenvalue weighted by Gasteiger charge is -2.06. The highest BCUT2D eigenvalue weighted by Gasteiger charge is 2.09. The molecule has 1 aromatic rings. The number of phenolic OH excluding ortho intramolecular Hbond substituents is 1. The van der Waals surface area contributed by atoms with Crippen molar-refractivity contribution >= 4 is 40.5 Å². The van der Waals surface area contributed by atoms with Crippen molar-refractivity contribution < 1.29 is 5.11 Å². The second kappa shape index (κ2) is 5.59. The van der Waals surface area contributed by atoms with Crippen molar-refractivity contribution in [3.63, 3.8) is 0 Å². The Morgan fingerprint density at radius 1 is 1.40 bits per heavy atom. The summed E-state index contributed by atoms with van der Waals surface area (Å²) in [5.74, 6) is 0.434. The third kappa shape index (κ3) is 3.26. The van der Waals surface area contributed by atoms with E-state index in [1.807, 2.05) is 0 Å². The predicted molar refractivity (Wildman–Crippen MR) is 65.9 cm³/mol. The average Bonchev–Trinajstić information content (AvgIpc) is 2.19. The van der Waals surface area contributed by atoms with Crippen LogP contribution in [0.25, 0.3) is 0 Å². The Balaban J connectivity index is 3.13. The van der Waals surface area contributed by atoms with Crippen molar-refractivity contribution in [3.8, 4) is 5.75 Å². The number of nitrogens with zero attached hydrogens (tertiary/aromatic N) is 1. The second-order valence-corrected chi connectivity index (χ2v) is 4.16. The van der Waals surface area contributed by atoms with E-state index in [2.05, 4.69) is 4.99 Å². The van der Waals surface area contributed by atoms with Crippen molar-refractivity contribution in [1.29, 1.82) is 0 Å². The number of aliphatic imine (C=N–C) groups is 1. The molecule has 0 heterocycles. The van der Waals surface area contributed by atoms with Gasteiger partial charge in [-0.2, -0.15) is 0 Å². The summed E-state index contributed by atoms with van der Waals surface area (Å²) in [5, 5.41) is 10.4. The Bertz CT molecular complexity index is 390. The zero-order valence-electron chi connectivity index (χ0n) is 8.10. The summed E-state index contributed by atoms with van der Waals surface area (Å²) in [7, 11) is 0. The number of alkyl halides is 1. The minimum absolute atomic E-state index is 0.00288. The predicted octanol–water partition coefficient (Wildman–Crippen LogP) is 3.75. The lowest BCUT2D eigenvalue weighted by atomic mass is 10.1. The molecular weight excluding hydrogens is 256 g/mol. The van der Waals surface area contributed by atoms with Gasteiger partial charge in [-0.1, -0.05) is 23.2 Å². The van der Waals surface area contributed by atoms with Crippen LogP contribution >= 0.6 is 34.8 Å². The molecule has 0 aromatic heterocycles. The van der Waals surface area contributed by atoms with E-state index >= 15 is 0 Å². The number of phenols is 1. The number of aromatic hydroxyl groups is 1. The fourth-order valence-corrected chi connectivity index (χ4v) is 1.71. The maximum Gasteiger partial charge on any atom is 0.143 e. The van der Waals surface area contributed by atoms with Gasteiger partial charge in [-0.15, -0.1) is 11.6 Å². The van der Waals surface area contributed by atoms with Crippen LogP contribution in [0.4, 0.5) is 0 Å². The van der Waals surface area contributed by atoms with Crippen LogP contribution in [0.5, 0.6) is 5.75 Å². The molecule has 0 spiro atoms. The van der Waals surface area contributed by atoms with Crippen LogP contribution < -0.4 is 0 Å². The Morgan fingerprint density at radius 2 is 2.07 bits per heavy atom. The number of benzene rings is 1.